The summed E-state index contributed by atoms with van der Waals surface area (Å²) in [7, 11) is 1.82. The summed E-state index contributed by atoms with van der Waals surface area (Å²) in [5.74, 6) is 0.718. The topological polar surface area (TPSA) is 69.5 Å². The number of carbonyl (C=O) groups is 1. The fraction of sp³-hybridized carbons (Fsp3) is 0.348. The molecule has 1 amide bonds. The number of hydrogen-bond donors (Lipinski definition) is 0. The lowest BCUT2D eigenvalue weighted by Crippen LogP contribution is -2.29. The first-order valence-corrected chi connectivity index (χ1v) is 10.2. The molecule has 0 unspecified atom stereocenters. The van der Waals surface area contributed by atoms with Crippen molar-refractivity contribution in [3.8, 4) is 11.4 Å². The van der Waals surface area contributed by atoms with Crippen molar-refractivity contribution in [3.63, 3.8) is 0 Å². The van der Waals surface area contributed by atoms with E-state index in [0.717, 1.165) is 36.4 Å². The van der Waals surface area contributed by atoms with Crippen LogP contribution in [0.4, 0.5) is 0 Å². The van der Waals surface area contributed by atoms with Crippen molar-refractivity contribution < 1.29 is 14.3 Å². The van der Waals surface area contributed by atoms with Crippen LogP contribution in [0.5, 0.6) is 5.75 Å². The molecule has 4 rings (SSSR count). The van der Waals surface area contributed by atoms with Crippen LogP contribution < -0.4 is 4.74 Å². The Balaban J connectivity index is 1.37. The van der Waals surface area contributed by atoms with Crippen LogP contribution in [0.15, 0.2) is 61.2 Å². The van der Waals surface area contributed by atoms with Crippen molar-refractivity contribution in [1.29, 1.82) is 0 Å². The smallest absolute Gasteiger partial charge is 0.254 e. The summed E-state index contributed by atoms with van der Waals surface area (Å²) in [5.41, 5.74) is 2.61. The Hall–Kier alpha value is -3.19. The highest BCUT2D eigenvalue weighted by atomic mass is 16.5. The summed E-state index contributed by atoms with van der Waals surface area (Å²) in [6.07, 6.45) is 5.47. The zero-order valence-electron chi connectivity index (χ0n) is 17.3. The third kappa shape index (κ3) is 4.52. The molecule has 30 heavy (non-hydrogen) atoms. The van der Waals surface area contributed by atoms with Gasteiger partial charge in [0.25, 0.3) is 5.91 Å². The van der Waals surface area contributed by atoms with E-state index in [0.29, 0.717) is 12.2 Å². The van der Waals surface area contributed by atoms with Gasteiger partial charge in [-0.05, 0) is 61.7 Å². The SMILES string of the molecule is C[C@@H](c1ccc(-n2cncn2)cc1)N(C)C(=O)c1ccc(OC[C@@H]2CCCO2)cc1. The average Bonchev–Trinajstić information content (AvgIpc) is 3.51. The molecule has 0 radical (unpaired) electrons. The highest BCUT2D eigenvalue weighted by molar-refractivity contribution is 5.94. The third-order valence-electron chi connectivity index (χ3n) is 5.52. The number of hydrogen-bond acceptors (Lipinski definition) is 5. The van der Waals surface area contributed by atoms with Crippen LogP contribution in [0, 0.1) is 0 Å². The fourth-order valence-corrected chi connectivity index (χ4v) is 3.51. The molecule has 1 fully saturated rings. The Bertz CT molecular complexity index is 949. The molecule has 7 heteroatoms. The summed E-state index contributed by atoms with van der Waals surface area (Å²) < 4.78 is 13.1. The number of carbonyl (C=O) groups excluding carboxylic acids is 1. The monoisotopic (exact) mass is 406 g/mol. The maximum Gasteiger partial charge on any atom is 0.254 e. The molecule has 1 aliphatic heterocycles. The van der Waals surface area contributed by atoms with Gasteiger partial charge >= 0.3 is 0 Å². The summed E-state index contributed by atoms with van der Waals surface area (Å²) >= 11 is 0. The van der Waals surface area contributed by atoms with Crippen LogP contribution in [0.2, 0.25) is 0 Å². The zero-order valence-corrected chi connectivity index (χ0v) is 17.3. The zero-order chi connectivity index (χ0) is 20.9. The molecule has 2 atom stereocenters. The third-order valence-corrected chi connectivity index (χ3v) is 5.52. The maximum atomic E-state index is 12.9. The predicted octanol–water partition coefficient (Wildman–Crippen LogP) is 3.66. The van der Waals surface area contributed by atoms with Crippen molar-refractivity contribution in [2.45, 2.75) is 31.9 Å². The van der Waals surface area contributed by atoms with Crippen LogP contribution >= 0.6 is 0 Å². The van der Waals surface area contributed by atoms with Gasteiger partial charge in [-0.1, -0.05) is 12.1 Å². The number of rotatable bonds is 7. The van der Waals surface area contributed by atoms with Crippen molar-refractivity contribution in [1.82, 2.24) is 19.7 Å². The second-order valence-corrected chi connectivity index (χ2v) is 7.49. The number of ether oxygens (including phenoxy) is 2. The predicted molar refractivity (Wildman–Crippen MR) is 113 cm³/mol. The summed E-state index contributed by atoms with van der Waals surface area (Å²) in [5, 5.41) is 4.13. The number of aromatic nitrogens is 3. The van der Waals surface area contributed by atoms with Gasteiger partial charge in [0.2, 0.25) is 0 Å². The van der Waals surface area contributed by atoms with Crippen molar-refractivity contribution >= 4 is 5.91 Å². The summed E-state index contributed by atoms with van der Waals surface area (Å²) in [6, 6.07) is 15.2. The van der Waals surface area contributed by atoms with Crippen molar-refractivity contribution in [2.24, 2.45) is 0 Å². The Morgan fingerprint density at radius 1 is 1.23 bits per heavy atom. The minimum atomic E-state index is -0.0715. The van der Waals surface area contributed by atoms with E-state index >= 15 is 0 Å². The molecule has 0 saturated carbocycles. The number of nitrogens with zero attached hydrogens (tertiary/aromatic N) is 4. The highest BCUT2D eigenvalue weighted by Gasteiger charge is 2.20. The minimum Gasteiger partial charge on any atom is -0.491 e. The molecule has 1 aliphatic rings. The van der Waals surface area contributed by atoms with Gasteiger partial charge in [-0.3, -0.25) is 4.79 Å². The van der Waals surface area contributed by atoms with E-state index < -0.39 is 0 Å². The van der Waals surface area contributed by atoms with Gasteiger partial charge in [-0.15, -0.1) is 0 Å². The molecule has 3 aromatic rings. The lowest BCUT2D eigenvalue weighted by atomic mass is 10.1. The largest absolute Gasteiger partial charge is 0.491 e. The lowest BCUT2D eigenvalue weighted by Gasteiger charge is -2.25. The van der Waals surface area contributed by atoms with E-state index in [-0.39, 0.29) is 18.1 Å². The number of amides is 1. The molecule has 7 nitrogen and oxygen atoms in total. The van der Waals surface area contributed by atoms with Crippen molar-refractivity contribution in [2.75, 3.05) is 20.3 Å². The lowest BCUT2D eigenvalue weighted by molar-refractivity contribution is 0.0678. The molecule has 156 valence electrons. The molecular weight excluding hydrogens is 380 g/mol. The second kappa shape index (κ2) is 9.09. The van der Waals surface area contributed by atoms with Gasteiger partial charge < -0.3 is 14.4 Å². The molecule has 1 saturated heterocycles. The van der Waals surface area contributed by atoms with Gasteiger partial charge in [0.1, 0.15) is 25.0 Å². The normalized spacial score (nSPS) is 16.9. The summed E-state index contributed by atoms with van der Waals surface area (Å²) in [6.45, 7) is 3.38. The highest BCUT2D eigenvalue weighted by Crippen LogP contribution is 2.23. The first-order valence-electron chi connectivity index (χ1n) is 10.2. The van der Waals surface area contributed by atoms with E-state index in [4.69, 9.17) is 9.47 Å². The average molecular weight is 406 g/mol. The van der Waals surface area contributed by atoms with E-state index in [9.17, 15) is 4.79 Å². The van der Waals surface area contributed by atoms with Gasteiger partial charge in [-0.2, -0.15) is 5.10 Å². The first kappa shape index (κ1) is 20.1. The molecule has 0 spiro atoms. The van der Waals surface area contributed by atoms with Gasteiger partial charge in [0, 0.05) is 19.2 Å². The van der Waals surface area contributed by atoms with Crippen molar-refractivity contribution in [3.05, 3.63) is 72.3 Å². The van der Waals surface area contributed by atoms with Crippen LogP contribution in [-0.4, -0.2) is 51.9 Å². The molecular formula is C23H26N4O3. The minimum absolute atomic E-state index is 0.0338. The Labute approximate surface area is 176 Å². The van der Waals surface area contributed by atoms with Crippen LogP contribution in [0.3, 0.4) is 0 Å². The van der Waals surface area contributed by atoms with Gasteiger partial charge in [0.15, 0.2) is 0 Å². The van der Waals surface area contributed by atoms with E-state index in [1.165, 1.54) is 6.33 Å². The second-order valence-electron chi connectivity index (χ2n) is 7.49. The quantitative estimate of drug-likeness (QED) is 0.599. The Kier molecular flexibility index (Phi) is 6.09. The molecule has 1 aromatic heterocycles. The van der Waals surface area contributed by atoms with Crippen LogP contribution in [0.1, 0.15) is 41.7 Å². The Morgan fingerprint density at radius 3 is 2.63 bits per heavy atom. The first-order chi connectivity index (χ1) is 14.6. The van der Waals surface area contributed by atoms with E-state index in [2.05, 4.69) is 10.1 Å². The summed E-state index contributed by atoms with van der Waals surface area (Å²) in [4.78, 5) is 18.6. The van der Waals surface area contributed by atoms with Crippen LogP contribution in [0.25, 0.3) is 5.69 Å². The maximum absolute atomic E-state index is 12.9. The number of benzene rings is 2. The molecule has 0 aliphatic carbocycles. The van der Waals surface area contributed by atoms with E-state index in [1.54, 1.807) is 15.9 Å². The standard InChI is InChI=1S/C23H26N4O3/c1-17(18-5-9-20(10-6-18)27-16-24-15-25-27)26(2)23(28)19-7-11-21(12-8-19)30-14-22-4-3-13-29-22/h5-12,15-17,22H,3-4,13-14H2,1-2H3/t17-,22-/m0/s1. The Morgan fingerprint density at radius 2 is 2.00 bits per heavy atom. The van der Waals surface area contributed by atoms with E-state index in [1.807, 2.05) is 62.5 Å². The van der Waals surface area contributed by atoms with Crippen LogP contribution in [-0.2, 0) is 4.74 Å². The van der Waals surface area contributed by atoms with Gasteiger partial charge in [-0.25, -0.2) is 9.67 Å². The molecule has 2 aromatic carbocycles. The molecule has 0 bridgehead atoms. The molecule has 2 heterocycles. The van der Waals surface area contributed by atoms with Gasteiger partial charge in [0.05, 0.1) is 17.8 Å². The fourth-order valence-electron chi connectivity index (χ4n) is 3.51. The molecule has 0 N–H and O–H groups in total.